The maximum Gasteiger partial charge on any atom is 0.319 e. The van der Waals surface area contributed by atoms with E-state index in [0.29, 0.717) is 0 Å². The van der Waals surface area contributed by atoms with Crippen LogP contribution in [-0.2, 0) is 0 Å². The molecule has 2 unspecified atom stereocenters. The van der Waals surface area contributed by atoms with Crippen molar-refractivity contribution in [2.24, 2.45) is 17.3 Å². The molecule has 3 aliphatic rings. The highest BCUT2D eigenvalue weighted by molar-refractivity contribution is 5.89. The van der Waals surface area contributed by atoms with Crippen LogP contribution in [0.15, 0.2) is 24.3 Å². The van der Waals surface area contributed by atoms with E-state index in [1.54, 1.807) is 0 Å². The van der Waals surface area contributed by atoms with Crippen molar-refractivity contribution in [2.45, 2.75) is 90.5 Å². The van der Waals surface area contributed by atoms with E-state index in [1.807, 2.05) is 12.1 Å². The first-order chi connectivity index (χ1) is 14.5. The summed E-state index contributed by atoms with van der Waals surface area (Å²) < 4.78 is 0. The number of nitrogens with zero attached hydrogens (tertiary/aromatic N) is 1. The Labute approximate surface area is 183 Å². The Morgan fingerprint density at radius 1 is 0.933 bits per heavy atom. The first-order valence-electron chi connectivity index (χ1n) is 12.5. The minimum Gasteiger partial charge on any atom is -0.372 e. The lowest BCUT2D eigenvalue weighted by Crippen LogP contribution is -2.53. The predicted octanol–water partition coefficient (Wildman–Crippen LogP) is 6.57. The number of carbonyl (C=O) groups is 1. The number of amides is 2. The van der Waals surface area contributed by atoms with Crippen molar-refractivity contribution in [3.05, 3.63) is 24.3 Å². The maximum absolute atomic E-state index is 12.9. The second-order valence-corrected chi connectivity index (χ2v) is 10.5. The summed E-state index contributed by atoms with van der Waals surface area (Å²) in [6, 6.07) is 8.64. The Balaban J connectivity index is 1.35. The zero-order valence-electron chi connectivity index (χ0n) is 19.1. The summed E-state index contributed by atoms with van der Waals surface area (Å²) in [7, 11) is 0. The first kappa shape index (κ1) is 21.5. The van der Waals surface area contributed by atoms with Gasteiger partial charge in [-0.15, -0.1) is 0 Å². The topological polar surface area (TPSA) is 44.4 Å². The van der Waals surface area contributed by atoms with Gasteiger partial charge in [0.1, 0.15) is 0 Å². The number of hydrogen-bond acceptors (Lipinski definition) is 2. The van der Waals surface area contributed by atoms with Gasteiger partial charge in [0.25, 0.3) is 0 Å². The predicted molar refractivity (Wildman–Crippen MR) is 126 cm³/mol. The molecule has 166 valence electrons. The van der Waals surface area contributed by atoms with Crippen molar-refractivity contribution in [2.75, 3.05) is 23.3 Å². The number of anilines is 2. The molecule has 0 radical (unpaired) electrons. The molecule has 1 heterocycles. The largest absolute Gasteiger partial charge is 0.372 e. The zero-order valence-corrected chi connectivity index (χ0v) is 19.1. The number of urea groups is 1. The fraction of sp³-hybridized carbons (Fsp3) is 0.731. The minimum absolute atomic E-state index is 0.0389. The molecule has 2 amide bonds. The Bertz CT molecular complexity index is 689. The zero-order chi connectivity index (χ0) is 21.0. The van der Waals surface area contributed by atoms with Crippen molar-refractivity contribution >= 4 is 17.4 Å². The molecule has 1 aromatic rings. The minimum atomic E-state index is -0.0389. The van der Waals surface area contributed by atoms with Crippen LogP contribution >= 0.6 is 0 Å². The summed E-state index contributed by atoms with van der Waals surface area (Å²) in [4.78, 5) is 15.3. The molecule has 2 atom stereocenters. The summed E-state index contributed by atoms with van der Waals surface area (Å²) in [6.45, 7) is 7.13. The Morgan fingerprint density at radius 2 is 1.63 bits per heavy atom. The van der Waals surface area contributed by atoms with Crippen LogP contribution in [0.25, 0.3) is 0 Å². The number of rotatable bonds is 4. The van der Waals surface area contributed by atoms with Crippen LogP contribution < -0.4 is 15.5 Å². The Morgan fingerprint density at radius 3 is 2.33 bits per heavy atom. The van der Waals surface area contributed by atoms with Crippen molar-refractivity contribution in [1.29, 1.82) is 0 Å². The molecule has 4 rings (SSSR count). The molecule has 4 heteroatoms. The van der Waals surface area contributed by atoms with Crippen LogP contribution in [0.1, 0.15) is 84.5 Å². The van der Waals surface area contributed by atoms with Gasteiger partial charge in [0.15, 0.2) is 0 Å². The molecule has 0 aromatic heterocycles. The average molecular weight is 412 g/mol. The normalized spacial score (nSPS) is 32.5. The average Bonchev–Trinajstić information content (AvgIpc) is 2.77. The quantitative estimate of drug-likeness (QED) is 0.588. The van der Waals surface area contributed by atoms with E-state index in [9.17, 15) is 4.79 Å². The molecule has 3 fully saturated rings. The van der Waals surface area contributed by atoms with Gasteiger partial charge in [-0.05, 0) is 86.5 Å². The van der Waals surface area contributed by atoms with Crippen molar-refractivity contribution in [3.63, 3.8) is 0 Å². The number of benzene rings is 1. The Kier molecular flexibility index (Phi) is 6.90. The first-order valence-corrected chi connectivity index (χ1v) is 12.5. The SMILES string of the molecule is CC1CCC(C2(C)CCCCC2NC(=O)Nc2ccc(N3CCCCC3)cc2)CC1. The van der Waals surface area contributed by atoms with Gasteiger partial charge in [0, 0.05) is 30.5 Å². The molecule has 1 saturated heterocycles. The molecule has 2 saturated carbocycles. The van der Waals surface area contributed by atoms with Gasteiger partial charge in [-0.25, -0.2) is 4.79 Å². The molecule has 2 N–H and O–H groups in total. The lowest BCUT2D eigenvalue weighted by atomic mass is 9.59. The standard InChI is InChI=1S/C26H41N3O/c1-20-9-11-21(12-10-20)26(2)17-5-4-8-24(26)28-25(30)27-22-13-15-23(16-14-22)29-18-6-3-7-19-29/h13-16,20-21,24H,3-12,17-19H2,1-2H3,(H2,27,28,30). The number of piperidine rings is 1. The van der Waals surface area contributed by atoms with Crippen LogP contribution in [0.2, 0.25) is 0 Å². The van der Waals surface area contributed by atoms with Gasteiger partial charge in [-0.2, -0.15) is 0 Å². The maximum atomic E-state index is 12.9. The lowest BCUT2D eigenvalue weighted by molar-refractivity contribution is 0.0438. The summed E-state index contributed by atoms with van der Waals surface area (Å²) >= 11 is 0. The fourth-order valence-electron chi connectivity index (χ4n) is 6.24. The van der Waals surface area contributed by atoms with E-state index in [0.717, 1.165) is 37.0 Å². The molecule has 0 bridgehead atoms. The van der Waals surface area contributed by atoms with E-state index in [1.165, 1.54) is 69.9 Å². The third kappa shape index (κ3) is 4.95. The van der Waals surface area contributed by atoms with Crippen molar-refractivity contribution in [1.82, 2.24) is 5.32 Å². The summed E-state index contributed by atoms with van der Waals surface area (Å²) in [5.74, 6) is 1.62. The summed E-state index contributed by atoms with van der Waals surface area (Å²) in [5, 5.41) is 6.48. The van der Waals surface area contributed by atoms with Gasteiger partial charge in [-0.1, -0.05) is 39.5 Å². The van der Waals surface area contributed by atoms with Gasteiger partial charge in [0.2, 0.25) is 0 Å². The molecule has 0 spiro atoms. The van der Waals surface area contributed by atoms with Gasteiger partial charge in [0.05, 0.1) is 0 Å². The van der Waals surface area contributed by atoms with E-state index >= 15 is 0 Å². The summed E-state index contributed by atoms with van der Waals surface area (Å²) in [6.07, 6.45) is 14.2. The molecular formula is C26H41N3O. The lowest BCUT2D eigenvalue weighted by Gasteiger charge is -2.49. The third-order valence-electron chi connectivity index (χ3n) is 8.35. The number of hydrogen-bond donors (Lipinski definition) is 2. The second-order valence-electron chi connectivity index (χ2n) is 10.5. The fourth-order valence-corrected chi connectivity index (χ4v) is 6.24. The van der Waals surface area contributed by atoms with Crippen LogP contribution in [0.3, 0.4) is 0 Å². The number of carbonyl (C=O) groups excluding carboxylic acids is 1. The highest BCUT2D eigenvalue weighted by Gasteiger charge is 2.44. The molecule has 4 nitrogen and oxygen atoms in total. The highest BCUT2D eigenvalue weighted by atomic mass is 16.2. The van der Waals surface area contributed by atoms with Crippen LogP contribution in [0, 0.1) is 17.3 Å². The van der Waals surface area contributed by atoms with Crippen molar-refractivity contribution < 1.29 is 4.79 Å². The van der Waals surface area contributed by atoms with Crippen LogP contribution in [0.4, 0.5) is 16.2 Å². The van der Waals surface area contributed by atoms with Gasteiger partial charge >= 0.3 is 6.03 Å². The van der Waals surface area contributed by atoms with E-state index in [-0.39, 0.29) is 17.5 Å². The van der Waals surface area contributed by atoms with Crippen LogP contribution in [-0.4, -0.2) is 25.2 Å². The Hall–Kier alpha value is -1.71. The van der Waals surface area contributed by atoms with Crippen molar-refractivity contribution in [3.8, 4) is 0 Å². The van der Waals surface area contributed by atoms with E-state index in [4.69, 9.17) is 0 Å². The monoisotopic (exact) mass is 411 g/mol. The molecular weight excluding hydrogens is 370 g/mol. The second kappa shape index (κ2) is 9.62. The molecule has 1 aromatic carbocycles. The van der Waals surface area contributed by atoms with E-state index < -0.39 is 0 Å². The van der Waals surface area contributed by atoms with E-state index in [2.05, 4.69) is 41.5 Å². The highest BCUT2D eigenvalue weighted by Crippen LogP contribution is 2.48. The summed E-state index contributed by atoms with van der Waals surface area (Å²) in [5.41, 5.74) is 2.40. The van der Waals surface area contributed by atoms with Gasteiger partial charge in [-0.3, -0.25) is 0 Å². The molecule has 1 aliphatic heterocycles. The van der Waals surface area contributed by atoms with Crippen LogP contribution in [0.5, 0.6) is 0 Å². The number of nitrogens with one attached hydrogen (secondary N) is 2. The molecule has 2 aliphatic carbocycles. The smallest absolute Gasteiger partial charge is 0.319 e. The third-order valence-corrected chi connectivity index (χ3v) is 8.35. The van der Waals surface area contributed by atoms with Gasteiger partial charge < -0.3 is 15.5 Å². The molecule has 30 heavy (non-hydrogen) atoms.